The third-order valence-electron chi connectivity index (χ3n) is 2.30. The fourth-order valence-corrected chi connectivity index (χ4v) is 1.32. The molecule has 1 aromatic carbocycles. The average molecular weight is 252 g/mol. The predicted octanol–water partition coefficient (Wildman–Crippen LogP) is 3.38. The predicted molar refractivity (Wildman–Crippen MR) is 78.7 cm³/mol. The summed E-state index contributed by atoms with van der Waals surface area (Å²) in [5.74, 6) is 0.511. The molecule has 1 heterocycles. The molecule has 0 amide bonds. The van der Waals surface area contributed by atoms with Crippen molar-refractivity contribution >= 4 is 12.0 Å². The number of benzene rings is 1. The Hall–Kier alpha value is -2.60. The first kappa shape index (κ1) is 14.5. The summed E-state index contributed by atoms with van der Waals surface area (Å²) in [5.41, 5.74) is 1.17. The molecule has 0 saturated carbocycles. The molecule has 0 aliphatic carbocycles. The Morgan fingerprint density at radius 2 is 2.05 bits per heavy atom. The summed E-state index contributed by atoms with van der Waals surface area (Å²) >= 11 is 0. The monoisotopic (exact) mass is 252 g/mol. The molecule has 2 rings (SSSR count). The molecule has 0 spiro atoms. The van der Waals surface area contributed by atoms with Crippen LogP contribution in [0.5, 0.6) is 0 Å². The van der Waals surface area contributed by atoms with Gasteiger partial charge < -0.3 is 4.74 Å². The largest absolute Gasteiger partial charge is 0.475 e. The van der Waals surface area contributed by atoms with E-state index in [0.717, 1.165) is 0 Å². The number of allylic oxidation sites excluding steroid dienone is 1. The van der Waals surface area contributed by atoms with Crippen molar-refractivity contribution in [1.29, 1.82) is 5.26 Å². The summed E-state index contributed by atoms with van der Waals surface area (Å²) in [6, 6.07) is 11.9. The SMILES string of the molecule is C=CC1COC(C=CC#N)=N1.C=Cc1ccccc1. The van der Waals surface area contributed by atoms with Crippen molar-refractivity contribution in [3.63, 3.8) is 0 Å². The maximum Gasteiger partial charge on any atom is 0.210 e. The second kappa shape index (κ2) is 8.48. The molecule has 3 nitrogen and oxygen atoms in total. The van der Waals surface area contributed by atoms with E-state index in [1.54, 1.807) is 12.2 Å². The van der Waals surface area contributed by atoms with Crippen molar-refractivity contribution in [1.82, 2.24) is 0 Å². The van der Waals surface area contributed by atoms with Gasteiger partial charge in [-0.1, -0.05) is 49.1 Å². The van der Waals surface area contributed by atoms with Crippen LogP contribution in [0.15, 0.2) is 66.7 Å². The van der Waals surface area contributed by atoms with Crippen molar-refractivity contribution in [2.45, 2.75) is 6.04 Å². The van der Waals surface area contributed by atoms with Gasteiger partial charge in [0.2, 0.25) is 5.90 Å². The van der Waals surface area contributed by atoms with Gasteiger partial charge in [0.05, 0.1) is 6.07 Å². The van der Waals surface area contributed by atoms with Gasteiger partial charge in [0, 0.05) is 12.2 Å². The molecule has 0 bridgehead atoms. The van der Waals surface area contributed by atoms with E-state index in [9.17, 15) is 0 Å². The van der Waals surface area contributed by atoms with Gasteiger partial charge in [-0.15, -0.1) is 6.58 Å². The zero-order valence-corrected chi connectivity index (χ0v) is 10.7. The maximum atomic E-state index is 8.18. The number of hydrogen-bond donors (Lipinski definition) is 0. The molecule has 0 saturated heterocycles. The highest BCUT2D eigenvalue weighted by Gasteiger charge is 2.12. The van der Waals surface area contributed by atoms with Gasteiger partial charge in [-0.3, -0.25) is 0 Å². The van der Waals surface area contributed by atoms with E-state index < -0.39 is 0 Å². The second-order valence-electron chi connectivity index (χ2n) is 3.66. The van der Waals surface area contributed by atoms with Crippen LogP contribution in [0, 0.1) is 11.3 Å². The van der Waals surface area contributed by atoms with E-state index in [4.69, 9.17) is 10.00 Å². The second-order valence-corrected chi connectivity index (χ2v) is 3.66. The number of nitriles is 1. The normalized spacial score (nSPS) is 16.6. The van der Waals surface area contributed by atoms with Gasteiger partial charge in [-0.05, 0) is 5.56 Å². The van der Waals surface area contributed by atoms with Crippen LogP contribution >= 0.6 is 0 Å². The lowest BCUT2D eigenvalue weighted by atomic mass is 10.2. The first-order valence-corrected chi connectivity index (χ1v) is 5.87. The minimum atomic E-state index is 0.0494. The van der Waals surface area contributed by atoms with Crippen LogP contribution in [0.2, 0.25) is 0 Å². The van der Waals surface area contributed by atoms with E-state index in [2.05, 4.69) is 18.2 Å². The van der Waals surface area contributed by atoms with Crippen LogP contribution in [-0.4, -0.2) is 18.5 Å². The third kappa shape index (κ3) is 5.51. The van der Waals surface area contributed by atoms with Crippen molar-refractivity contribution in [3.8, 4) is 6.07 Å². The average Bonchev–Trinajstić information content (AvgIpc) is 2.94. The fourth-order valence-electron chi connectivity index (χ4n) is 1.32. The van der Waals surface area contributed by atoms with Crippen molar-refractivity contribution in [2.75, 3.05) is 6.61 Å². The van der Waals surface area contributed by atoms with Gasteiger partial charge >= 0.3 is 0 Å². The Labute approximate surface area is 113 Å². The summed E-state index contributed by atoms with van der Waals surface area (Å²) in [7, 11) is 0. The van der Waals surface area contributed by atoms with E-state index in [-0.39, 0.29) is 6.04 Å². The molecular formula is C16H16N2O. The summed E-state index contributed by atoms with van der Waals surface area (Å²) in [6.07, 6.45) is 6.43. The Kier molecular flexibility index (Phi) is 6.46. The van der Waals surface area contributed by atoms with E-state index in [1.807, 2.05) is 42.5 Å². The van der Waals surface area contributed by atoms with Crippen LogP contribution in [0.1, 0.15) is 5.56 Å². The number of rotatable bonds is 3. The molecule has 1 aliphatic heterocycles. The number of nitrogens with zero attached hydrogens (tertiary/aromatic N) is 2. The Morgan fingerprint density at radius 1 is 1.32 bits per heavy atom. The molecule has 1 atom stereocenters. The Morgan fingerprint density at radius 3 is 2.53 bits per heavy atom. The zero-order chi connectivity index (χ0) is 13.9. The van der Waals surface area contributed by atoms with Gasteiger partial charge in [0.15, 0.2) is 0 Å². The quantitative estimate of drug-likeness (QED) is 0.611. The number of ether oxygens (including phenoxy) is 1. The van der Waals surface area contributed by atoms with Crippen molar-refractivity contribution in [3.05, 3.63) is 67.3 Å². The summed E-state index contributed by atoms with van der Waals surface area (Å²) in [6.45, 7) is 7.75. The maximum absolute atomic E-state index is 8.18. The van der Waals surface area contributed by atoms with Crippen LogP contribution < -0.4 is 0 Å². The Balaban J connectivity index is 0.000000200. The number of aliphatic imine (C=N–C) groups is 1. The standard InChI is InChI=1S/C8H8N2O.C8H8/c1-2-7-6-11-8(10-7)4-3-5-9;1-2-8-6-4-3-5-7-8/h2-4,7H,1,6H2;2-7H,1H2. The molecule has 0 aromatic heterocycles. The van der Waals surface area contributed by atoms with Crippen LogP contribution in [0.25, 0.3) is 6.08 Å². The molecule has 1 aromatic rings. The fraction of sp³-hybridized carbons (Fsp3) is 0.125. The smallest absolute Gasteiger partial charge is 0.210 e. The molecule has 3 heteroatoms. The number of hydrogen-bond acceptors (Lipinski definition) is 3. The minimum absolute atomic E-state index is 0.0494. The summed E-state index contributed by atoms with van der Waals surface area (Å²) in [5, 5.41) is 8.18. The Bertz CT molecular complexity index is 509. The molecule has 0 radical (unpaired) electrons. The zero-order valence-electron chi connectivity index (χ0n) is 10.7. The first-order valence-electron chi connectivity index (χ1n) is 5.87. The van der Waals surface area contributed by atoms with Crippen LogP contribution in [0.3, 0.4) is 0 Å². The van der Waals surface area contributed by atoms with Gasteiger partial charge in [0.1, 0.15) is 12.6 Å². The van der Waals surface area contributed by atoms with E-state index in [0.29, 0.717) is 12.5 Å². The molecular weight excluding hydrogens is 236 g/mol. The van der Waals surface area contributed by atoms with Gasteiger partial charge in [-0.2, -0.15) is 5.26 Å². The highest BCUT2D eigenvalue weighted by atomic mass is 16.5. The lowest BCUT2D eigenvalue weighted by molar-refractivity contribution is 0.333. The third-order valence-corrected chi connectivity index (χ3v) is 2.30. The summed E-state index contributed by atoms with van der Waals surface area (Å²) in [4.78, 5) is 4.08. The first-order chi connectivity index (χ1) is 9.30. The molecule has 1 unspecified atom stereocenters. The van der Waals surface area contributed by atoms with Gasteiger partial charge in [-0.25, -0.2) is 4.99 Å². The molecule has 96 valence electrons. The molecule has 1 aliphatic rings. The lowest BCUT2D eigenvalue weighted by Gasteiger charge is -1.92. The highest BCUT2D eigenvalue weighted by Crippen LogP contribution is 2.05. The molecule has 0 fully saturated rings. The molecule has 19 heavy (non-hydrogen) atoms. The van der Waals surface area contributed by atoms with Crippen molar-refractivity contribution in [2.24, 2.45) is 4.99 Å². The van der Waals surface area contributed by atoms with Crippen molar-refractivity contribution < 1.29 is 4.74 Å². The topological polar surface area (TPSA) is 45.4 Å². The summed E-state index contributed by atoms with van der Waals surface area (Å²) < 4.78 is 5.10. The van der Waals surface area contributed by atoms with Gasteiger partial charge in [0.25, 0.3) is 0 Å². The van der Waals surface area contributed by atoms with Crippen LogP contribution in [0.4, 0.5) is 0 Å². The van der Waals surface area contributed by atoms with Crippen LogP contribution in [-0.2, 0) is 4.74 Å². The van der Waals surface area contributed by atoms with E-state index >= 15 is 0 Å². The highest BCUT2D eigenvalue weighted by molar-refractivity contribution is 5.89. The van der Waals surface area contributed by atoms with E-state index in [1.165, 1.54) is 11.6 Å². The molecule has 0 N–H and O–H groups in total. The lowest BCUT2D eigenvalue weighted by Crippen LogP contribution is -2.00. The minimum Gasteiger partial charge on any atom is -0.475 e.